The van der Waals surface area contributed by atoms with Crippen LogP contribution in [0.1, 0.15) is 129 Å². The summed E-state index contributed by atoms with van der Waals surface area (Å²) in [6.45, 7) is 19.1. The van der Waals surface area contributed by atoms with Gasteiger partial charge in [0.05, 0.1) is 0 Å². The van der Waals surface area contributed by atoms with E-state index >= 15 is 0 Å². The lowest BCUT2D eigenvalue weighted by Crippen LogP contribution is -2.10. The van der Waals surface area contributed by atoms with Crippen molar-refractivity contribution >= 4 is 5.78 Å². The molecule has 0 bridgehead atoms. The molecule has 1 heteroatoms. The second-order valence-electron chi connectivity index (χ2n) is 8.01. The molecule has 0 aliphatic heterocycles. The van der Waals surface area contributed by atoms with E-state index in [0.717, 1.165) is 17.9 Å². The Morgan fingerprint density at radius 3 is 1.74 bits per heavy atom. The number of rotatable bonds is 10. The predicted molar refractivity (Wildman–Crippen MR) is 124 cm³/mol. The van der Waals surface area contributed by atoms with Crippen LogP contribution >= 0.6 is 0 Å². The molecule has 0 saturated heterocycles. The first-order chi connectivity index (χ1) is 12.9. The third kappa shape index (κ3) is 13.7. The van der Waals surface area contributed by atoms with Gasteiger partial charge in [-0.25, -0.2) is 0 Å². The van der Waals surface area contributed by atoms with E-state index in [-0.39, 0.29) is 11.7 Å². The van der Waals surface area contributed by atoms with E-state index < -0.39 is 0 Å². The van der Waals surface area contributed by atoms with Gasteiger partial charge < -0.3 is 0 Å². The highest BCUT2D eigenvalue weighted by atomic mass is 16.1. The summed E-state index contributed by atoms with van der Waals surface area (Å²) in [5.74, 6) is 1.91. The highest BCUT2D eigenvalue weighted by Crippen LogP contribution is 2.28. The Bertz CT molecular complexity index is 441. The third-order valence-electron chi connectivity index (χ3n) is 4.52. The Balaban J connectivity index is 0. The molecule has 0 N–H and O–H groups in total. The van der Waals surface area contributed by atoms with Crippen LogP contribution in [0, 0.1) is 11.8 Å². The maximum Gasteiger partial charge on any atom is 0.165 e. The Hall–Kier alpha value is -1.11. The molecule has 0 heterocycles. The first-order valence-corrected chi connectivity index (χ1v) is 11.5. The van der Waals surface area contributed by atoms with Crippen molar-refractivity contribution in [2.75, 3.05) is 0 Å². The zero-order valence-corrected chi connectivity index (χ0v) is 19.9. The molecule has 0 aliphatic rings. The van der Waals surface area contributed by atoms with Crippen molar-refractivity contribution in [2.24, 2.45) is 11.8 Å². The molecular formula is C26H48O. The summed E-state index contributed by atoms with van der Waals surface area (Å²) in [5.41, 5.74) is 2.28. The minimum absolute atomic E-state index is 0.131. The van der Waals surface area contributed by atoms with Crippen LogP contribution in [-0.2, 0) is 0 Å². The van der Waals surface area contributed by atoms with E-state index in [0.29, 0.717) is 5.92 Å². The molecule has 158 valence electrons. The first kappa shape index (κ1) is 28.1. The normalized spacial score (nSPS) is 12.4. The molecule has 27 heavy (non-hydrogen) atoms. The van der Waals surface area contributed by atoms with Gasteiger partial charge in [0.1, 0.15) is 0 Å². The summed E-state index contributed by atoms with van der Waals surface area (Å²) in [4.78, 5) is 12.2. The number of Topliss-reactive ketones (excluding diaryl/α,β-unsaturated/α-hetero) is 1. The van der Waals surface area contributed by atoms with Gasteiger partial charge in [0.2, 0.25) is 0 Å². The topological polar surface area (TPSA) is 17.1 Å². The lowest BCUT2D eigenvalue weighted by molar-refractivity contribution is 0.0927. The fourth-order valence-electron chi connectivity index (χ4n) is 2.86. The van der Waals surface area contributed by atoms with E-state index in [4.69, 9.17) is 0 Å². The zero-order chi connectivity index (χ0) is 21.2. The highest BCUT2D eigenvalue weighted by molar-refractivity contribution is 5.97. The molecule has 0 amide bonds. The summed E-state index contributed by atoms with van der Waals surface area (Å²) in [6, 6.07) is 8.43. The highest BCUT2D eigenvalue weighted by Gasteiger charge is 2.15. The van der Waals surface area contributed by atoms with E-state index in [9.17, 15) is 4.79 Å². The lowest BCUT2D eigenvalue weighted by atomic mass is 9.88. The van der Waals surface area contributed by atoms with Crippen LogP contribution in [0.3, 0.4) is 0 Å². The molecule has 1 rings (SSSR count). The standard InChI is InChI=1S/C20H32O.C4H10.C2H6/c1-5-8-9-11-17(10-6-2)18-12-14-19(15-13-18)20(21)16(4)7-3;1-4(2)3;1-2/h12-17H,5-11H2,1-4H3;4H,1-3H3;1-2H3. The number of ketones is 1. The van der Waals surface area contributed by atoms with E-state index in [2.05, 4.69) is 53.7 Å². The van der Waals surface area contributed by atoms with Crippen LogP contribution < -0.4 is 0 Å². The molecular weight excluding hydrogens is 328 g/mol. The van der Waals surface area contributed by atoms with Gasteiger partial charge in [-0.05, 0) is 36.7 Å². The Kier molecular flexibility index (Phi) is 19.0. The minimum Gasteiger partial charge on any atom is -0.294 e. The summed E-state index contributed by atoms with van der Waals surface area (Å²) >= 11 is 0. The smallest absolute Gasteiger partial charge is 0.165 e. The van der Waals surface area contributed by atoms with Crippen molar-refractivity contribution in [3.8, 4) is 0 Å². The molecule has 1 aromatic rings. The molecule has 2 unspecified atom stereocenters. The van der Waals surface area contributed by atoms with Gasteiger partial charge in [0, 0.05) is 11.5 Å². The third-order valence-corrected chi connectivity index (χ3v) is 4.52. The molecule has 0 saturated carbocycles. The molecule has 1 nitrogen and oxygen atoms in total. The van der Waals surface area contributed by atoms with Gasteiger partial charge in [0.15, 0.2) is 5.78 Å². The molecule has 0 fully saturated rings. The Morgan fingerprint density at radius 2 is 1.33 bits per heavy atom. The van der Waals surface area contributed by atoms with Crippen molar-refractivity contribution in [3.63, 3.8) is 0 Å². The molecule has 0 spiro atoms. The lowest BCUT2D eigenvalue weighted by Gasteiger charge is -2.17. The van der Waals surface area contributed by atoms with E-state index in [1.165, 1.54) is 44.1 Å². The van der Waals surface area contributed by atoms with Crippen molar-refractivity contribution in [3.05, 3.63) is 35.4 Å². The monoisotopic (exact) mass is 376 g/mol. The maximum absolute atomic E-state index is 12.2. The van der Waals surface area contributed by atoms with Gasteiger partial charge in [-0.1, -0.05) is 112 Å². The van der Waals surface area contributed by atoms with Gasteiger partial charge in [0.25, 0.3) is 0 Å². The predicted octanol–water partition coefficient (Wildman–Crippen LogP) is 9.07. The number of hydrogen-bond acceptors (Lipinski definition) is 1. The van der Waals surface area contributed by atoms with Crippen molar-refractivity contribution in [1.82, 2.24) is 0 Å². The Labute approximate surface area is 171 Å². The van der Waals surface area contributed by atoms with Gasteiger partial charge >= 0.3 is 0 Å². The van der Waals surface area contributed by atoms with Gasteiger partial charge in [-0.15, -0.1) is 0 Å². The number of benzene rings is 1. The minimum atomic E-state index is 0.131. The first-order valence-electron chi connectivity index (χ1n) is 11.5. The summed E-state index contributed by atoms with van der Waals surface area (Å²) in [6.07, 6.45) is 8.59. The van der Waals surface area contributed by atoms with Crippen molar-refractivity contribution in [1.29, 1.82) is 0 Å². The quantitative estimate of drug-likeness (QED) is 0.294. The molecule has 0 radical (unpaired) electrons. The fraction of sp³-hybridized carbons (Fsp3) is 0.731. The maximum atomic E-state index is 12.2. The fourth-order valence-corrected chi connectivity index (χ4v) is 2.86. The number of hydrogen-bond donors (Lipinski definition) is 0. The molecule has 1 aromatic carbocycles. The number of carbonyl (C=O) groups excluding carboxylic acids is 1. The van der Waals surface area contributed by atoms with Crippen LogP contribution in [0.2, 0.25) is 0 Å². The van der Waals surface area contributed by atoms with E-state index in [1.807, 2.05) is 32.9 Å². The average molecular weight is 377 g/mol. The van der Waals surface area contributed by atoms with Crippen LogP contribution in [0.5, 0.6) is 0 Å². The van der Waals surface area contributed by atoms with Gasteiger partial charge in [-0.3, -0.25) is 4.79 Å². The van der Waals surface area contributed by atoms with Crippen molar-refractivity contribution in [2.45, 2.75) is 113 Å². The zero-order valence-electron chi connectivity index (χ0n) is 19.9. The second-order valence-corrected chi connectivity index (χ2v) is 8.01. The Morgan fingerprint density at radius 1 is 0.815 bits per heavy atom. The summed E-state index contributed by atoms with van der Waals surface area (Å²) < 4.78 is 0. The van der Waals surface area contributed by atoms with E-state index in [1.54, 1.807) is 0 Å². The number of unbranched alkanes of at least 4 members (excludes halogenated alkanes) is 2. The average Bonchev–Trinajstić information content (AvgIpc) is 2.67. The van der Waals surface area contributed by atoms with Crippen LogP contribution in [-0.4, -0.2) is 5.78 Å². The number of carbonyl (C=O) groups is 1. The summed E-state index contributed by atoms with van der Waals surface area (Å²) in [7, 11) is 0. The largest absolute Gasteiger partial charge is 0.294 e. The second kappa shape index (κ2) is 18.3. The summed E-state index contributed by atoms with van der Waals surface area (Å²) in [5, 5.41) is 0. The van der Waals surface area contributed by atoms with Crippen LogP contribution in [0.4, 0.5) is 0 Å². The molecule has 2 atom stereocenters. The molecule has 0 aliphatic carbocycles. The SMILES string of the molecule is CC.CC(C)C.CCCCCC(CCC)c1ccc(C(=O)C(C)CC)cc1. The van der Waals surface area contributed by atoms with Gasteiger partial charge in [-0.2, -0.15) is 0 Å². The van der Waals surface area contributed by atoms with Crippen LogP contribution in [0.15, 0.2) is 24.3 Å². The van der Waals surface area contributed by atoms with Crippen molar-refractivity contribution < 1.29 is 4.79 Å². The van der Waals surface area contributed by atoms with Crippen LogP contribution in [0.25, 0.3) is 0 Å². The molecule has 0 aromatic heterocycles.